The van der Waals surface area contributed by atoms with Gasteiger partial charge in [-0.1, -0.05) is 13.3 Å². The van der Waals surface area contributed by atoms with Crippen LogP contribution in [0.2, 0.25) is 0 Å². The van der Waals surface area contributed by atoms with Gasteiger partial charge in [0.2, 0.25) is 5.78 Å². The molecule has 0 amide bonds. The Bertz CT molecular complexity index is 649. The molecule has 0 spiro atoms. The van der Waals surface area contributed by atoms with E-state index in [1.54, 1.807) is 0 Å². The average Bonchev–Trinajstić information content (AvgIpc) is 2.76. The molecule has 2 aromatic heterocycles. The second-order valence-electron chi connectivity index (χ2n) is 6.05. The predicted octanol–water partition coefficient (Wildman–Crippen LogP) is 3.87. The minimum Gasteiger partial charge on any atom is -0.294 e. The maximum atomic E-state index is 4.76. The first kappa shape index (κ1) is 15.0. The fraction of sp³-hybridized carbons (Fsp3) is 0.625. The molecular weight excluding hydrogens is 328 g/mol. The van der Waals surface area contributed by atoms with Crippen LogP contribution in [0.25, 0.3) is 5.78 Å². The monoisotopic (exact) mass is 350 g/mol. The zero-order valence-corrected chi connectivity index (χ0v) is 14.7. The van der Waals surface area contributed by atoms with Gasteiger partial charge in [-0.15, -0.1) is 0 Å². The van der Waals surface area contributed by atoms with E-state index in [-0.39, 0.29) is 0 Å². The van der Waals surface area contributed by atoms with Crippen LogP contribution in [0.3, 0.4) is 0 Å². The van der Waals surface area contributed by atoms with Crippen molar-refractivity contribution >= 4 is 21.7 Å². The molecule has 0 bridgehead atoms. The lowest BCUT2D eigenvalue weighted by atomic mass is 10.00. The highest BCUT2D eigenvalue weighted by Crippen LogP contribution is 2.26. The van der Waals surface area contributed by atoms with Crippen LogP contribution in [-0.4, -0.2) is 31.9 Å². The van der Waals surface area contributed by atoms with Crippen LogP contribution in [-0.2, 0) is 6.54 Å². The third kappa shape index (κ3) is 2.86. The average molecular weight is 351 g/mol. The molecule has 0 saturated carbocycles. The summed E-state index contributed by atoms with van der Waals surface area (Å²) in [6, 6.07) is 2.80. The molecule has 4 nitrogen and oxygen atoms in total. The second-order valence-corrected chi connectivity index (χ2v) is 6.80. The number of rotatable bonds is 3. The molecule has 5 heteroatoms. The fourth-order valence-electron chi connectivity index (χ4n) is 3.40. The minimum atomic E-state index is 0.700. The van der Waals surface area contributed by atoms with Gasteiger partial charge in [-0.3, -0.25) is 9.30 Å². The van der Waals surface area contributed by atoms with E-state index in [4.69, 9.17) is 4.98 Å². The van der Waals surface area contributed by atoms with Crippen molar-refractivity contribution in [1.82, 2.24) is 19.3 Å². The summed E-state index contributed by atoms with van der Waals surface area (Å²) >= 11 is 3.73. The van der Waals surface area contributed by atoms with Gasteiger partial charge in [-0.2, -0.15) is 0 Å². The van der Waals surface area contributed by atoms with Crippen LogP contribution in [0, 0.1) is 13.8 Å². The normalized spacial score (nSPS) is 20.3. The van der Waals surface area contributed by atoms with E-state index < -0.39 is 0 Å². The van der Waals surface area contributed by atoms with E-state index in [1.807, 2.05) is 6.92 Å². The molecule has 114 valence electrons. The van der Waals surface area contributed by atoms with E-state index >= 15 is 0 Å². The quantitative estimate of drug-likeness (QED) is 0.842. The number of likely N-dealkylation sites (tertiary alicyclic amines) is 1. The molecule has 2 aromatic rings. The number of hydrogen-bond donors (Lipinski definition) is 0. The number of aryl methyl sites for hydroxylation is 2. The van der Waals surface area contributed by atoms with Gasteiger partial charge in [-0.25, -0.2) is 9.97 Å². The first-order valence-electron chi connectivity index (χ1n) is 7.85. The zero-order valence-electron chi connectivity index (χ0n) is 13.1. The van der Waals surface area contributed by atoms with Crippen LogP contribution < -0.4 is 0 Å². The van der Waals surface area contributed by atoms with Crippen molar-refractivity contribution in [3.63, 3.8) is 0 Å². The summed E-state index contributed by atoms with van der Waals surface area (Å²) in [5.74, 6) is 0.805. The molecule has 0 aromatic carbocycles. The van der Waals surface area contributed by atoms with Gasteiger partial charge < -0.3 is 0 Å². The second kappa shape index (κ2) is 6.05. The van der Waals surface area contributed by atoms with E-state index in [9.17, 15) is 0 Å². The predicted molar refractivity (Wildman–Crippen MR) is 88.5 cm³/mol. The highest BCUT2D eigenvalue weighted by Gasteiger charge is 2.23. The van der Waals surface area contributed by atoms with E-state index in [1.165, 1.54) is 37.9 Å². The maximum absolute atomic E-state index is 4.76. The van der Waals surface area contributed by atoms with E-state index in [0.29, 0.717) is 6.04 Å². The summed E-state index contributed by atoms with van der Waals surface area (Å²) in [5, 5.41) is 0. The van der Waals surface area contributed by atoms with Gasteiger partial charge in [0, 0.05) is 24.0 Å². The summed E-state index contributed by atoms with van der Waals surface area (Å²) in [7, 11) is 0. The summed E-state index contributed by atoms with van der Waals surface area (Å²) in [6.45, 7) is 8.52. The van der Waals surface area contributed by atoms with Crippen LogP contribution in [0.5, 0.6) is 0 Å². The van der Waals surface area contributed by atoms with Crippen molar-refractivity contribution in [2.24, 2.45) is 0 Å². The number of hydrogen-bond acceptors (Lipinski definition) is 3. The van der Waals surface area contributed by atoms with Crippen LogP contribution >= 0.6 is 15.9 Å². The summed E-state index contributed by atoms with van der Waals surface area (Å²) in [4.78, 5) is 11.9. The van der Waals surface area contributed by atoms with Gasteiger partial charge in [-0.05, 0) is 61.7 Å². The van der Waals surface area contributed by atoms with E-state index in [2.05, 4.69) is 50.1 Å². The summed E-state index contributed by atoms with van der Waals surface area (Å²) in [5.41, 5.74) is 3.30. The summed E-state index contributed by atoms with van der Waals surface area (Å²) in [6.07, 6.45) is 5.21. The van der Waals surface area contributed by atoms with Crippen molar-refractivity contribution < 1.29 is 0 Å². The molecule has 1 fully saturated rings. The number of aromatic nitrogens is 3. The molecule has 0 N–H and O–H groups in total. The lowest BCUT2D eigenvalue weighted by Gasteiger charge is -2.34. The highest BCUT2D eigenvalue weighted by atomic mass is 79.9. The fourth-order valence-corrected chi connectivity index (χ4v) is 4.05. The van der Waals surface area contributed by atoms with Crippen LogP contribution in [0.4, 0.5) is 0 Å². The molecule has 1 atom stereocenters. The topological polar surface area (TPSA) is 33.4 Å². The number of piperidine rings is 1. The third-order valence-electron chi connectivity index (χ3n) is 4.49. The maximum Gasteiger partial charge on any atom is 0.235 e. The Morgan fingerprint density at radius 2 is 2.10 bits per heavy atom. The van der Waals surface area contributed by atoms with Gasteiger partial charge >= 0.3 is 0 Å². The number of imidazole rings is 1. The van der Waals surface area contributed by atoms with Crippen molar-refractivity contribution in [1.29, 1.82) is 0 Å². The zero-order chi connectivity index (χ0) is 15.0. The van der Waals surface area contributed by atoms with Gasteiger partial charge in [0.05, 0.1) is 5.69 Å². The van der Waals surface area contributed by atoms with Crippen molar-refractivity contribution in [2.45, 2.75) is 59.0 Å². The molecule has 1 saturated heterocycles. The SMILES string of the molecule is CCC1CCCCN1Cc1nc2nc(C)cc(C)n2c1Br. The molecule has 21 heavy (non-hydrogen) atoms. The minimum absolute atomic E-state index is 0.700. The first-order valence-corrected chi connectivity index (χ1v) is 8.64. The molecule has 0 radical (unpaired) electrons. The van der Waals surface area contributed by atoms with Gasteiger partial charge in [0.1, 0.15) is 4.60 Å². The lowest BCUT2D eigenvalue weighted by Crippen LogP contribution is -2.38. The molecule has 1 unspecified atom stereocenters. The number of nitrogens with zero attached hydrogens (tertiary/aromatic N) is 4. The molecule has 0 aliphatic carbocycles. The Morgan fingerprint density at radius 1 is 1.29 bits per heavy atom. The highest BCUT2D eigenvalue weighted by molar-refractivity contribution is 9.10. The summed E-state index contributed by atoms with van der Waals surface area (Å²) < 4.78 is 3.16. The Hall–Kier alpha value is -0.940. The molecule has 1 aliphatic rings. The third-order valence-corrected chi connectivity index (χ3v) is 5.30. The Kier molecular flexibility index (Phi) is 4.31. The largest absolute Gasteiger partial charge is 0.294 e. The molecular formula is C16H23BrN4. The number of fused-ring (bicyclic) bond motifs is 1. The smallest absolute Gasteiger partial charge is 0.235 e. The van der Waals surface area contributed by atoms with Gasteiger partial charge in [0.25, 0.3) is 0 Å². The molecule has 3 heterocycles. The van der Waals surface area contributed by atoms with E-state index in [0.717, 1.165) is 28.3 Å². The standard InChI is InChI=1S/C16H23BrN4/c1-4-13-7-5-6-8-20(13)10-14-15(17)21-12(3)9-11(2)18-16(21)19-14/h9,13H,4-8,10H2,1-3H3. The lowest BCUT2D eigenvalue weighted by molar-refractivity contribution is 0.134. The van der Waals surface area contributed by atoms with Crippen molar-refractivity contribution in [3.05, 3.63) is 27.8 Å². The Balaban J connectivity index is 1.93. The van der Waals surface area contributed by atoms with Crippen LogP contribution in [0.15, 0.2) is 10.7 Å². The van der Waals surface area contributed by atoms with Crippen molar-refractivity contribution in [2.75, 3.05) is 6.54 Å². The Labute approximate surface area is 134 Å². The van der Waals surface area contributed by atoms with Gasteiger partial charge in [0.15, 0.2) is 0 Å². The van der Waals surface area contributed by atoms with Crippen molar-refractivity contribution in [3.8, 4) is 0 Å². The molecule has 1 aliphatic heterocycles. The Morgan fingerprint density at radius 3 is 2.86 bits per heavy atom. The first-order chi connectivity index (χ1) is 10.1. The number of halogens is 1. The molecule has 3 rings (SSSR count). The van der Waals surface area contributed by atoms with Crippen LogP contribution in [0.1, 0.15) is 49.7 Å².